The van der Waals surface area contributed by atoms with Crippen molar-refractivity contribution in [1.29, 1.82) is 0 Å². The van der Waals surface area contributed by atoms with Gasteiger partial charge >= 0.3 is 12.1 Å². The van der Waals surface area contributed by atoms with E-state index in [-0.39, 0.29) is 18.3 Å². The molecule has 2 unspecified atom stereocenters. The van der Waals surface area contributed by atoms with E-state index in [0.717, 1.165) is 59.7 Å². The standard InChI is InChI=1S/C48H49N13O5S2/c1-6-49-44(62)59-46-57-37-19-29(17-33(40(37)67-46)35-10-8-9-12-51-35)31-21-53-42(54-22-31)27(3)66-39-26-65-15-14-61(39)25-28-11-13-52-36(16-28)34-18-30(32-23-55-43(56-24-32)48(4,5)64)20-38-41(34)68-47(58-38)60-45(63)50-7-2/h8-13,16-24,27,39,64H,6-7,14-15,25-26H2,1-5H3,(H2,49,57,59,62)(H2,50,58,60,63). The summed E-state index contributed by atoms with van der Waals surface area (Å²) in [6, 6.07) is 17.1. The normalized spacial score (nSPS) is 14.8. The number of amides is 4. The zero-order valence-corrected chi connectivity index (χ0v) is 39.6. The third kappa shape index (κ3) is 10.4. The molecule has 20 heteroatoms. The van der Waals surface area contributed by atoms with Crippen LogP contribution in [0.2, 0.25) is 0 Å². The van der Waals surface area contributed by atoms with Crippen molar-refractivity contribution in [3.63, 3.8) is 0 Å². The van der Waals surface area contributed by atoms with Gasteiger partial charge in [0.05, 0.1) is 45.0 Å². The molecule has 348 valence electrons. The van der Waals surface area contributed by atoms with Crippen molar-refractivity contribution in [1.82, 2.24) is 55.4 Å². The Bertz CT molecular complexity index is 3070. The number of hydrogen-bond donors (Lipinski definition) is 5. The SMILES string of the molecule is CCNC(=O)Nc1nc2cc(-c3cnc(C(C)OC4COCCN4Cc4ccnc(-c5cc(-c6cnc(C(C)(C)O)nc6)cc6nc(NC(=O)NCC)sc56)c4)nc3)cc(-c3ccccn3)c2s1. The number of rotatable bonds is 14. The molecule has 0 bridgehead atoms. The quantitative estimate of drug-likeness (QED) is 0.0690. The van der Waals surface area contributed by atoms with E-state index in [1.54, 1.807) is 51.0 Å². The molecule has 68 heavy (non-hydrogen) atoms. The number of hydrogen-bond acceptors (Lipinski definition) is 16. The highest BCUT2D eigenvalue weighted by Crippen LogP contribution is 2.40. The molecule has 5 N–H and O–H groups in total. The fourth-order valence-corrected chi connectivity index (χ4v) is 9.60. The molecule has 2 atom stereocenters. The van der Waals surface area contributed by atoms with E-state index < -0.39 is 11.7 Å². The summed E-state index contributed by atoms with van der Waals surface area (Å²) < 4.78 is 14.3. The molecule has 8 aromatic rings. The van der Waals surface area contributed by atoms with Crippen molar-refractivity contribution in [2.45, 2.75) is 59.1 Å². The number of nitrogens with one attached hydrogen (secondary N) is 4. The minimum absolute atomic E-state index is 0.311. The fourth-order valence-electron chi connectivity index (χ4n) is 7.67. The Morgan fingerprint density at radius 3 is 1.94 bits per heavy atom. The lowest BCUT2D eigenvalue weighted by atomic mass is 10.0. The summed E-state index contributed by atoms with van der Waals surface area (Å²) in [5.74, 6) is 0.832. The summed E-state index contributed by atoms with van der Waals surface area (Å²) >= 11 is 2.76. The third-order valence-corrected chi connectivity index (χ3v) is 13.0. The second kappa shape index (κ2) is 20.1. The van der Waals surface area contributed by atoms with E-state index in [1.807, 2.05) is 69.3 Å². The molecule has 1 aliphatic rings. The predicted octanol–water partition coefficient (Wildman–Crippen LogP) is 8.39. The molecule has 1 fully saturated rings. The first-order chi connectivity index (χ1) is 32.9. The van der Waals surface area contributed by atoms with Crippen LogP contribution in [0.25, 0.3) is 65.2 Å². The first kappa shape index (κ1) is 46.2. The minimum atomic E-state index is -1.19. The predicted molar refractivity (Wildman–Crippen MR) is 263 cm³/mol. The highest BCUT2D eigenvalue weighted by Gasteiger charge is 2.28. The molecule has 4 amide bonds. The van der Waals surface area contributed by atoms with E-state index in [9.17, 15) is 14.7 Å². The van der Waals surface area contributed by atoms with Crippen molar-refractivity contribution in [2.75, 3.05) is 43.5 Å². The van der Waals surface area contributed by atoms with Gasteiger partial charge in [0.1, 0.15) is 17.9 Å². The molecular weight excluding hydrogens is 903 g/mol. The maximum atomic E-state index is 12.5. The smallest absolute Gasteiger partial charge is 0.321 e. The molecule has 0 spiro atoms. The van der Waals surface area contributed by atoms with Crippen LogP contribution in [0.15, 0.2) is 91.8 Å². The van der Waals surface area contributed by atoms with Gasteiger partial charge in [-0.15, -0.1) is 0 Å². The molecule has 1 aliphatic heterocycles. The Kier molecular flexibility index (Phi) is 13.7. The number of anilines is 2. The van der Waals surface area contributed by atoms with E-state index in [2.05, 4.69) is 47.2 Å². The molecule has 0 saturated carbocycles. The summed E-state index contributed by atoms with van der Waals surface area (Å²) in [5.41, 5.74) is 7.60. The first-order valence-corrected chi connectivity index (χ1v) is 23.8. The summed E-state index contributed by atoms with van der Waals surface area (Å²) in [5, 5.41) is 22.6. The third-order valence-electron chi connectivity index (χ3n) is 11.0. The molecule has 9 rings (SSSR count). The Hall–Kier alpha value is -6.94. The first-order valence-electron chi connectivity index (χ1n) is 22.1. The van der Waals surface area contributed by atoms with E-state index >= 15 is 0 Å². The van der Waals surface area contributed by atoms with Crippen molar-refractivity contribution < 1.29 is 24.2 Å². The lowest BCUT2D eigenvalue weighted by Gasteiger charge is -2.36. The lowest BCUT2D eigenvalue weighted by molar-refractivity contribution is -0.166. The summed E-state index contributed by atoms with van der Waals surface area (Å²) in [7, 11) is 0. The van der Waals surface area contributed by atoms with Gasteiger partial charge in [0, 0.05) is 85.6 Å². The number of benzene rings is 2. The molecule has 0 radical (unpaired) electrons. The maximum Gasteiger partial charge on any atom is 0.321 e. The van der Waals surface area contributed by atoms with Crippen LogP contribution in [0.1, 0.15) is 57.9 Å². The lowest BCUT2D eigenvalue weighted by Crippen LogP contribution is -2.46. The second-order valence-electron chi connectivity index (χ2n) is 16.5. The van der Waals surface area contributed by atoms with Gasteiger partial charge in [0.15, 0.2) is 21.9 Å². The summed E-state index contributed by atoms with van der Waals surface area (Å²) in [6.45, 7) is 12.0. The summed E-state index contributed by atoms with van der Waals surface area (Å²) in [4.78, 5) is 64.4. The second-order valence-corrected chi connectivity index (χ2v) is 18.5. The molecule has 2 aromatic carbocycles. The van der Waals surface area contributed by atoms with Crippen LogP contribution in [0.5, 0.6) is 0 Å². The number of ether oxygens (including phenoxy) is 2. The number of aromatic nitrogens is 8. The molecule has 0 aliphatic carbocycles. The van der Waals surface area contributed by atoms with Crippen LogP contribution in [-0.4, -0.2) is 101 Å². The Labute approximate surface area is 399 Å². The number of aliphatic hydroxyl groups is 1. The van der Waals surface area contributed by atoms with Gasteiger partial charge < -0.3 is 25.2 Å². The number of urea groups is 2. The van der Waals surface area contributed by atoms with E-state index in [4.69, 9.17) is 34.4 Å². The molecule has 7 heterocycles. The van der Waals surface area contributed by atoms with Gasteiger partial charge in [-0.05, 0) is 99.8 Å². The molecule has 1 saturated heterocycles. The number of carbonyl (C=O) groups excluding carboxylic acids is 2. The average molecular weight is 952 g/mol. The van der Waals surface area contributed by atoms with Gasteiger partial charge in [0.2, 0.25) is 0 Å². The topological polar surface area (TPSA) is 227 Å². The highest BCUT2D eigenvalue weighted by atomic mass is 32.1. The van der Waals surface area contributed by atoms with Gasteiger partial charge in [-0.2, -0.15) is 0 Å². The fraction of sp³-hybridized carbons (Fsp3) is 0.292. The van der Waals surface area contributed by atoms with Crippen molar-refractivity contribution in [3.8, 4) is 44.8 Å². The monoisotopic (exact) mass is 951 g/mol. The number of nitrogens with zero attached hydrogens (tertiary/aromatic N) is 9. The molecular formula is C48H49N13O5S2. The molecule has 6 aromatic heterocycles. The van der Waals surface area contributed by atoms with Gasteiger partial charge in [-0.3, -0.25) is 25.5 Å². The van der Waals surface area contributed by atoms with Gasteiger partial charge in [0.25, 0.3) is 0 Å². The number of fused-ring (bicyclic) bond motifs is 2. The average Bonchev–Trinajstić information content (AvgIpc) is 3.94. The van der Waals surface area contributed by atoms with Crippen LogP contribution < -0.4 is 21.3 Å². The Morgan fingerprint density at radius 1 is 0.779 bits per heavy atom. The summed E-state index contributed by atoms with van der Waals surface area (Å²) in [6.07, 6.45) is 9.62. The van der Waals surface area contributed by atoms with Gasteiger partial charge in [-0.1, -0.05) is 28.7 Å². The van der Waals surface area contributed by atoms with Crippen LogP contribution >= 0.6 is 22.7 Å². The number of morpholine rings is 1. The van der Waals surface area contributed by atoms with E-state index in [0.29, 0.717) is 72.3 Å². The highest BCUT2D eigenvalue weighted by molar-refractivity contribution is 7.23. The number of pyridine rings is 2. The largest absolute Gasteiger partial charge is 0.382 e. The van der Waals surface area contributed by atoms with Crippen molar-refractivity contribution in [3.05, 3.63) is 109 Å². The number of carbonyl (C=O) groups is 2. The van der Waals surface area contributed by atoms with Crippen LogP contribution in [0.3, 0.4) is 0 Å². The zero-order valence-electron chi connectivity index (χ0n) is 38.0. The Balaban J connectivity index is 0.945. The Morgan fingerprint density at radius 2 is 1.37 bits per heavy atom. The zero-order chi connectivity index (χ0) is 47.4. The maximum absolute atomic E-state index is 12.5. The number of thiazole rings is 2. The van der Waals surface area contributed by atoms with Gasteiger partial charge in [-0.25, -0.2) is 39.5 Å². The minimum Gasteiger partial charge on any atom is -0.382 e. The van der Waals surface area contributed by atoms with Crippen LogP contribution in [0, 0.1) is 0 Å². The molecule has 18 nitrogen and oxygen atoms in total. The van der Waals surface area contributed by atoms with Crippen LogP contribution in [0.4, 0.5) is 19.9 Å². The van der Waals surface area contributed by atoms with Crippen molar-refractivity contribution >= 4 is 65.4 Å². The van der Waals surface area contributed by atoms with Crippen LogP contribution in [-0.2, 0) is 21.6 Å². The van der Waals surface area contributed by atoms with E-state index in [1.165, 1.54) is 22.7 Å². The van der Waals surface area contributed by atoms with Crippen molar-refractivity contribution in [2.24, 2.45) is 0 Å².